The summed E-state index contributed by atoms with van der Waals surface area (Å²) < 4.78 is 15.0. The lowest BCUT2D eigenvalue weighted by Crippen LogP contribution is -2.43. The molecule has 1 amide bonds. The number of carbonyl (C=O) groups is 1. The number of fused-ring (bicyclic) bond motifs is 1. The maximum atomic E-state index is 13.0. The van der Waals surface area contributed by atoms with Crippen molar-refractivity contribution in [3.8, 4) is 0 Å². The second-order valence-electron chi connectivity index (χ2n) is 4.75. The van der Waals surface area contributed by atoms with Gasteiger partial charge in [-0.05, 0) is 26.3 Å². The first kappa shape index (κ1) is 12.8. The Hall–Kier alpha value is -1.65. The average Bonchev–Trinajstić information content (AvgIpc) is 2.77. The predicted molar refractivity (Wildman–Crippen MR) is 66.7 cm³/mol. The molecule has 2 unspecified atom stereocenters. The summed E-state index contributed by atoms with van der Waals surface area (Å²) in [5.74, 6) is -1.53. The van der Waals surface area contributed by atoms with Gasteiger partial charge in [0.15, 0.2) is 5.83 Å². The van der Waals surface area contributed by atoms with Gasteiger partial charge in [0.25, 0.3) is 5.91 Å². The largest absolute Gasteiger partial charge is 0.326 e. The molecule has 0 fully saturated rings. The number of nitrogens with zero attached hydrogens (tertiary/aromatic N) is 3. The molecule has 0 N–H and O–H groups in total. The monoisotopic (exact) mass is 251 g/mol. The Balaban J connectivity index is 2.37. The fourth-order valence-electron chi connectivity index (χ4n) is 2.39. The molecule has 98 valence electrons. The van der Waals surface area contributed by atoms with Crippen LogP contribution in [0.25, 0.3) is 0 Å². The van der Waals surface area contributed by atoms with Crippen LogP contribution in [0.15, 0.2) is 18.5 Å². The third kappa shape index (κ3) is 1.94. The molecule has 0 saturated carbocycles. The second kappa shape index (κ2) is 4.55. The number of aromatic nitrogens is 2. The van der Waals surface area contributed by atoms with Crippen molar-refractivity contribution in [1.82, 2.24) is 14.7 Å². The van der Waals surface area contributed by atoms with Crippen LogP contribution in [-0.4, -0.2) is 27.1 Å². The fourth-order valence-corrected chi connectivity index (χ4v) is 2.39. The molecule has 0 bridgehead atoms. The maximum absolute atomic E-state index is 13.0. The zero-order valence-electron chi connectivity index (χ0n) is 11.0. The maximum Gasteiger partial charge on any atom is 0.282 e. The number of hydrogen-bond donors (Lipinski definition) is 0. The highest BCUT2D eigenvalue weighted by Gasteiger charge is 2.33. The molecular formula is C13H18FN3O. The van der Waals surface area contributed by atoms with E-state index in [4.69, 9.17) is 0 Å². The van der Waals surface area contributed by atoms with Gasteiger partial charge in [-0.25, -0.2) is 4.39 Å². The van der Waals surface area contributed by atoms with Gasteiger partial charge < -0.3 is 4.90 Å². The number of hydrogen-bond acceptors (Lipinski definition) is 2. The normalized spacial score (nSPS) is 22.8. The topological polar surface area (TPSA) is 38.1 Å². The highest BCUT2D eigenvalue weighted by Crippen LogP contribution is 2.31. The van der Waals surface area contributed by atoms with Crippen molar-refractivity contribution in [1.29, 1.82) is 0 Å². The van der Waals surface area contributed by atoms with Crippen molar-refractivity contribution in [3.63, 3.8) is 0 Å². The Bertz CT molecular complexity index is 494. The molecule has 0 saturated heterocycles. The zero-order chi connectivity index (χ0) is 13.4. The molecule has 1 aromatic heterocycles. The quantitative estimate of drug-likeness (QED) is 0.757. The first-order valence-electron chi connectivity index (χ1n) is 6.19. The smallest absolute Gasteiger partial charge is 0.282 e. The molecular weight excluding hydrogens is 233 g/mol. The summed E-state index contributed by atoms with van der Waals surface area (Å²) in [7, 11) is 0. The highest BCUT2D eigenvalue weighted by atomic mass is 19.1. The second-order valence-corrected chi connectivity index (χ2v) is 4.75. The summed E-state index contributed by atoms with van der Waals surface area (Å²) in [5, 5.41) is 4.50. The molecule has 0 aromatic carbocycles. The van der Waals surface area contributed by atoms with Crippen molar-refractivity contribution < 1.29 is 9.18 Å². The van der Waals surface area contributed by atoms with E-state index in [1.165, 1.54) is 4.90 Å². The number of aryl methyl sites for hydroxylation is 1. The number of amides is 1. The van der Waals surface area contributed by atoms with Crippen LogP contribution in [-0.2, 0) is 11.2 Å². The van der Waals surface area contributed by atoms with E-state index in [0.29, 0.717) is 6.54 Å². The fraction of sp³-hybridized carbons (Fsp3) is 0.538. The van der Waals surface area contributed by atoms with Gasteiger partial charge in [0.1, 0.15) is 0 Å². The van der Waals surface area contributed by atoms with Gasteiger partial charge in [0.2, 0.25) is 0 Å². The average molecular weight is 251 g/mol. The van der Waals surface area contributed by atoms with Gasteiger partial charge in [-0.1, -0.05) is 13.5 Å². The molecule has 18 heavy (non-hydrogen) atoms. The van der Waals surface area contributed by atoms with Crippen molar-refractivity contribution in [3.05, 3.63) is 29.9 Å². The molecule has 1 aliphatic heterocycles. The summed E-state index contributed by atoms with van der Waals surface area (Å²) in [5.41, 5.74) is 1.96. The van der Waals surface area contributed by atoms with Crippen molar-refractivity contribution >= 4 is 5.91 Å². The lowest BCUT2D eigenvalue weighted by molar-refractivity contribution is -0.132. The van der Waals surface area contributed by atoms with E-state index in [1.807, 2.05) is 31.5 Å². The van der Waals surface area contributed by atoms with E-state index in [9.17, 15) is 9.18 Å². The van der Waals surface area contributed by atoms with Gasteiger partial charge in [-0.15, -0.1) is 0 Å². The minimum absolute atomic E-state index is 0.0554. The zero-order valence-corrected chi connectivity index (χ0v) is 11.0. The van der Waals surface area contributed by atoms with Crippen LogP contribution in [0.1, 0.15) is 44.2 Å². The van der Waals surface area contributed by atoms with Gasteiger partial charge in [0, 0.05) is 6.54 Å². The summed E-state index contributed by atoms with van der Waals surface area (Å²) in [6.45, 7) is 9.45. The molecule has 1 aromatic rings. The van der Waals surface area contributed by atoms with Crippen LogP contribution in [0.4, 0.5) is 4.39 Å². The summed E-state index contributed by atoms with van der Waals surface area (Å²) >= 11 is 0. The SMILES string of the molecule is C=C(F)C(=O)N1CC(C)n2nc(CC)cc2C1C. The first-order valence-corrected chi connectivity index (χ1v) is 6.19. The summed E-state index contributed by atoms with van der Waals surface area (Å²) in [4.78, 5) is 13.3. The van der Waals surface area contributed by atoms with Crippen LogP contribution in [0.5, 0.6) is 0 Å². The van der Waals surface area contributed by atoms with Crippen LogP contribution in [0.3, 0.4) is 0 Å². The minimum Gasteiger partial charge on any atom is -0.326 e. The predicted octanol–water partition coefficient (Wildman–Crippen LogP) is 2.39. The third-order valence-electron chi connectivity index (χ3n) is 3.44. The molecule has 1 aliphatic rings. The summed E-state index contributed by atoms with van der Waals surface area (Å²) in [6.07, 6.45) is 0.850. The Labute approximate surface area is 106 Å². The number of rotatable bonds is 2. The van der Waals surface area contributed by atoms with E-state index >= 15 is 0 Å². The lowest BCUT2D eigenvalue weighted by Gasteiger charge is -2.37. The Morgan fingerprint density at radius 3 is 2.83 bits per heavy atom. The molecule has 2 heterocycles. The summed E-state index contributed by atoms with van der Waals surface area (Å²) in [6, 6.07) is 1.87. The number of carbonyl (C=O) groups excluding carboxylic acids is 1. The Morgan fingerprint density at radius 2 is 2.28 bits per heavy atom. The van der Waals surface area contributed by atoms with E-state index in [0.717, 1.165) is 17.8 Å². The molecule has 0 radical (unpaired) electrons. The lowest BCUT2D eigenvalue weighted by atomic mass is 10.1. The van der Waals surface area contributed by atoms with Crippen molar-refractivity contribution in [2.45, 2.75) is 39.3 Å². The molecule has 2 rings (SSSR count). The molecule has 4 nitrogen and oxygen atoms in total. The van der Waals surface area contributed by atoms with Crippen molar-refractivity contribution in [2.24, 2.45) is 0 Å². The Kier molecular flexibility index (Phi) is 3.24. The highest BCUT2D eigenvalue weighted by molar-refractivity contribution is 5.91. The van der Waals surface area contributed by atoms with Crippen molar-refractivity contribution in [2.75, 3.05) is 6.54 Å². The van der Waals surface area contributed by atoms with E-state index < -0.39 is 11.7 Å². The van der Waals surface area contributed by atoms with E-state index in [1.54, 1.807) is 0 Å². The number of halogens is 1. The first-order chi connectivity index (χ1) is 8.45. The van der Waals surface area contributed by atoms with E-state index in [2.05, 4.69) is 11.7 Å². The molecule has 5 heteroatoms. The van der Waals surface area contributed by atoms with E-state index in [-0.39, 0.29) is 12.1 Å². The molecule has 0 aliphatic carbocycles. The third-order valence-corrected chi connectivity index (χ3v) is 3.44. The standard InChI is InChI=1S/C13H18FN3O/c1-5-11-6-12-10(4)16(13(18)9(3)14)7-8(2)17(12)15-11/h6,8,10H,3,5,7H2,1-2,4H3. The van der Waals surface area contributed by atoms with Crippen LogP contribution < -0.4 is 0 Å². The molecule has 0 spiro atoms. The minimum atomic E-state index is -0.905. The van der Waals surface area contributed by atoms with Crippen LogP contribution in [0, 0.1) is 0 Å². The van der Waals surface area contributed by atoms with Gasteiger partial charge in [0.05, 0.1) is 23.5 Å². The van der Waals surface area contributed by atoms with Gasteiger partial charge >= 0.3 is 0 Å². The van der Waals surface area contributed by atoms with Crippen LogP contribution >= 0.6 is 0 Å². The molecule has 2 atom stereocenters. The van der Waals surface area contributed by atoms with Crippen LogP contribution in [0.2, 0.25) is 0 Å². The van der Waals surface area contributed by atoms with Gasteiger partial charge in [-0.2, -0.15) is 5.10 Å². The van der Waals surface area contributed by atoms with Gasteiger partial charge in [-0.3, -0.25) is 9.48 Å². The Morgan fingerprint density at radius 1 is 1.61 bits per heavy atom.